The summed E-state index contributed by atoms with van der Waals surface area (Å²) in [6.07, 6.45) is 3.42. The highest BCUT2D eigenvalue weighted by atomic mass is 19.1. The fourth-order valence-corrected chi connectivity index (χ4v) is 2.78. The van der Waals surface area contributed by atoms with E-state index in [9.17, 15) is 9.50 Å². The number of nitrogens with one attached hydrogen (secondary N) is 1. The summed E-state index contributed by atoms with van der Waals surface area (Å²) < 4.78 is 14.1. The van der Waals surface area contributed by atoms with Gasteiger partial charge in [-0.25, -0.2) is 4.39 Å². The van der Waals surface area contributed by atoms with Gasteiger partial charge < -0.3 is 15.3 Å². The van der Waals surface area contributed by atoms with Crippen molar-refractivity contribution in [2.45, 2.75) is 31.8 Å². The third kappa shape index (κ3) is 2.90. The molecule has 104 valence electrons. The second-order valence-electron chi connectivity index (χ2n) is 5.69. The number of rotatable bonds is 5. The van der Waals surface area contributed by atoms with Gasteiger partial charge in [0.2, 0.25) is 0 Å². The standard InChI is InChI=1S/C15H21FN2O/c16-14-3-1-2-12(8-17-13-4-5-13)15(14)18-7-6-11(9-18)10-19/h1-3,11,13,17,19H,4-10H2. The summed E-state index contributed by atoms with van der Waals surface area (Å²) in [5.74, 6) is 0.137. The van der Waals surface area contributed by atoms with Crippen LogP contribution in [0.2, 0.25) is 0 Å². The van der Waals surface area contributed by atoms with Gasteiger partial charge in [0, 0.05) is 38.2 Å². The average Bonchev–Trinajstić information content (AvgIpc) is 3.13. The molecule has 0 spiro atoms. The van der Waals surface area contributed by atoms with E-state index in [2.05, 4.69) is 10.2 Å². The number of aliphatic hydroxyl groups is 1. The Hall–Kier alpha value is -1.13. The quantitative estimate of drug-likeness (QED) is 0.852. The maximum atomic E-state index is 14.1. The van der Waals surface area contributed by atoms with Crippen LogP contribution in [0.15, 0.2) is 18.2 Å². The lowest BCUT2D eigenvalue weighted by atomic mass is 10.1. The van der Waals surface area contributed by atoms with Crippen molar-refractivity contribution in [3.05, 3.63) is 29.6 Å². The van der Waals surface area contributed by atoms with E-state index in [1.165, 1.54) is 18.9 Å². The maximum absolute atomic E-state index is 14.1. The first-order valence-corrected chi connectivity index (χ1v) is 7.14. The summed E-state index contributed by atoms with van der Waals surface area (Å²) >= 11 is 0. The Labute approximate surface area is 113 Å². The van der Waals surface area contributed by atoms with Gasteiger partial charge >= 0.3 is 0 Å². The van der Waals surface area contributed by atoms with Crippen molar-refractivity contribution in [3.63, 3.8) is 0 Å². The first-order chi connectivity index (χ1) is 9.28. The van der Waals surface area contributed by atoms with Gasteiger partial charge in [0.1, 0.15) is 5.82 Å². The predicted molar refractivity (Wildman–Crippen MR) is 73.7 cm³/mol. The fraction of sp³-hybridized carbons (Fsp3) is 0.600. The van der Waals surface area contributed by atoms with Gasteiger partial charge in [-0.2, -0.15) is 0 Å². The Morgan fingerprint density at radius 2 is 2.16 bits per heavy atom. The number of halogens is 1. The second kappa shape index (κ2) is 5.47. The van der Waals surface area contributed by atoms with E-state index in [1.54, 1.807) is 6.07 Å². The van der Waals surface area contributed by atoms with Crippen LogP contribution in [0, 0.1) is 11.7 Å². The summed E-state index contributed by atoms with van der Waals surface area (Å²) in [6.45, 7) is 2.52. The lowest BCUT2D eigenvalue weighted by Crippen LogP contribution is -2.25. The number of benzene rings is 1. The van der Waals surface area contributed by atoms with E-state index >= 15 is 0 Å². The highest BCUT2D eigenvalue weighted by Gasteiger charge is 2.26. The number of anilines is 1. The molecule has 4 heteroatoms. The summed E-state index contributed by atoms with van der Waals surface area (Å²) in [4.78, 5) is 2.08. The molecule has 3 rings (SSSR count). The molecule has 1 aromatic carbocycles. The number of hydrogen-bond acceptors (Lipinski definition) is 3. The van der Waals surface area contributed by atoms with Crippen LogP contribution in [0.25, 0.3) is 0 Å². The fourth-order valence-electron chi connectivity index (χ4n) is 2.78. The first-order valence-electron chi connectivity index (χ1n) is 7.14. The zero-order valence-corrected chi connectivity index (χ0v) is 11.1. The Morgan fingerprint density at radius 3 is 2.84 bits per heavy atom. The number of para-hydroxylation sites is 1. The van der Waals surface area contributed by atoms with Crippen molar-refractivity contribution >= 4 is 5.69 Å². The minimum absolute atomic E-state index is 0.145. The molecule has 2 aliphatic rings. The van der Waals surface area contributed by atoms with Gasteiger partial charge in [0.25, 0.3) is 0 Å². The summed E-state index contributed by atoms with van der Waals surface area (Å²) in [6, 6.07) is 5.94. The number of nitrogens with zero attached hydrogens (tertiary/aromatic N) is 1. The van der Waals surface area contributed by atoms with Crippen molar-refractivity contribution in [3.8, 4) is 0 Å². The molecule has 1 saturated heterocycles. The van der Waals surface area contributed by atoms with Crippen molar-refractivity contribution in [1.29, 1.82) is 0 Å². The SMILES string of the molecule is OCC1CCN(c2c(F)cccc2CNC2CC2)C1. The van der Waals surface area contributed by atoms with E-state index in [0.717, 1.165) is 37.3 Å². The van der Waals surface area contributed by atoms with E-state index in [0.29, 0.717) is 6.04 Å². The van der Waals surface area contributed by atoms with Gasteiger partial charge in [-0.1, -0.05) is 12.1 Å². The largest absolute Gasteiger partial charge is 0.396 e. The van der Waals surface area contributed by atoms with Crippen LogP contribution < -0.4 is 10.2 Å². The van der Waals surface area contributed by atoms with E-state index < -0.39 is 0 Å². The molecule has 1 aliphatic heterocycles. The van der Waals surface area contributed by atoms with Crippen LogP contribution >= 0.6 is 0 Å². The van der Waals surface area contributed by atoms with Gasteiger partial charge in [-0.15, -0.1) is 0 Å². The Bertz CT molecular complexity index is 448. The van der Waals surface area contributed by atoms with Crippen LogP contribution in [0.1, 0.15) is 24.8 Å². The topological polar surface area (TPSA) is 35.5 Å². The molecule has 0 bridgehead atoms. The van der Waals surface area contributed by atoms with Crippen LogP contribution in [-0.4, -0.2) is 30.8 Å². The zero-order valence-electron chi connectivity index (χ0n) is 11.1. The number of aliphatic hydroxyl groups excluding tert-OH is 1. The monoisotopic (exact) mass is 264 g/mol. The summed E-state index contributed by atoms with van der Waals surface area (Å²) in [7, 11) is 0. The Balaban J connectivity index is 1.77. The molecule has 1 atom stereocenters. The van der Waals surface area contributed by atoms with Crippen molar-refractivity contribution < 1.29 is 9.50 Å². The molecular formula is C15H21FN2O. The summed E-state index contributed by atoms with van der Waals surface area (Å²) in [5, 5.41) is 12.7. The van der Waals surface area contributed by atoms with E-state index in [-0.39, 0.29) is 18.3 Å². The Morgan fingerprint density at radius 1 is 1.32 bits per heavy atom. The first kappa shape index (κ1) is 12.9. The maximum Gasteiger partial charge on any atom is 0.146 e. The van der Waals surface area contributed by atoms with Gasteiger partial charge in [0.05, 0.1) is 5.69 Å². The van der Waals surface area contributed by atoms with Crippen LogP contribution in [-0.2, 0) is 6.54 Å². The molecule has 1 aliphatic carbocycles. The Kier molecular flexibility index (Phi) is 3.71. The third-order valence-electron chi connectivity index (χ3n) is 4.09. The molecule has 0 radical (unpaired) electrons. The van der Waals surface area contributed by atoms with Crippen LogP contribution in [0.3, 0.4) is 0 Å². The minimum atomic E-state index is -0.145. The van der Waals surface area contributed by atoms with Crippen molar-refractivity contribution in [2.75, 3.05) is 24.6 Å². The molecular weight excluding hydrogens is 243 g/mol. The second-order valence-corrected chi connectivity index (χ2v) is 5.69. The molecule has 2 N–H and O–H groups in total. The van der Waals surface area contributed by atoms with Gasteiger partial charge in [0.15, 0.2) is 0 Å². The van der Waals surface area contributed by atoms with Gasteiger partial charge in [-0.3, -0.25) is 0 Å². The molecule has 1 unspecified atom stereocenters. The lowest BCUT2D eigenvalue weighted by molar-refractivity contribution is 0.238. The predicted octanol–water partition coefficient (Wildman–Crippen LogP) is 1.90. The smallest absolute Gasteiger partial charge is 0.146 e. The molecule has 1 heterocycles. The van der Waals surface area contributed by atoms with Crippen LogP contribution in [0.5, 0.6) is 0 Å². The van der Waals surface area contributed by atoms with Crippen LogP contribution in [0.4, 0.5) is 10.1 Å². The average molecular weight is 264 g/mol. The summed E-state index contributed by atoms with van der Waals surface area (Å²) in [5.41, 5.74) is 1.76. The molecule has 0 aromatic heterocycles. The molecule has 19 heavy (non-hydrogen) atoms. The third-order valence-corrected chi connectivity index (χ3v) is 4.09. The van der Waals surface area contributed by atoms with Crippen molar-refractivity contribution in [2.24, 2.45) is 5.92 Å². The number of hydrogen-bond donors (Lipinski definition) is 2. The van der Waals surface area contributed by atoms with Gasteiger partial charge in [-0.05, 0) is 30.9 Å². The molecule has 2 fully saturated rings. The molecule has 1 saturated carbocycles. The molecule has 3 nitrogen and oxygen atoms in total. The van der Waals surface area contributed by atoms with E-state index in [1.807, 2.05) is 6.07 Å². The highest BCUT2D eigenvalue weighted by molar-refractivity contribution is 5.55. The highest BCUT2D eigenvalue weighted by Crippen LogP contribution is 2.30. The lowest BCUT2D eigenvalue weighted by Gasteiger charge is -2.23. The zero-order chi connectivity index (χ0) is 13.2. The normalized spacial score (nSPS) is 23.1. The molecule has 0 amide bonds. The van der Waals surface area contributed by atoms with Crippen molar-refractivity contribution in [1.82, 2.24) is 5.32 Å². The van der Waals surface area contributed by atoms with E-state index in [4.69, 9.17) is 0 Å². The minimum Gasteiger partial charge on any atom is -0.396 e. The molecule has 1 aromatic rings.